The fourth-order valence-corrected chi connectivity index (χ4v) is 3.03. The lowest BCUT2D eigenvalue weighted by Crippen LogP contribution is -2.46. The number of carbonyl (C=O) groups excluding carboxylic acids is 2. The van der Waals surface area contributed by atoms with Crippen molar-refractivity contribution in [3.8, 4) is 5.75 Å². The fraction of sp³-hybridized carbons (Fsp3) is 0.529. The molecule has 2 aliphatic heterocycles. The summed E-state index contributed by atoms with van der Waals surface area (Å²) in [5.41, 5.74) is 0. The smallest absolute Gasteiger partial charge is 0.410 e. The number of piperidine rings is 1. The number of likely N-dealkylation sites (tertiary alicyclic amines) is 1. The molecule has 2 heterocycles. The molecular formula is C17H21FN2O4. The lowest BCUT2D eigenvalue weighted by atomic mass is 9.99. The first-order chi connectivity index (χ1) is 11.6. The first kappa shape index (κ1) is 16.5. The Labute approximate surface area is 140 Å². The second-order valence-electron chi connectivity index (χ2n) is 6.15. The highest BCUT2D eigenvalue weighted by Gasteiger charge is 2.29. The first-order valence-electron chi connectivity index (χ1n) is 8.19. The number of benzene rings is 1. The zero-order valence-electron chi connectivity index (χ0n) is 13.4. The van der Waals surface area contributed by atoms with Crippen LogP contribution >= 0.6 is 0 Å². The van der Waals surface area contributed by atoms with Gasteiger partial charge in [-0.25, -0.2) is 9.18 Å². The van der Waals surface area contributed by atoms with E-state index in [1.54, 1.807) is 17.0 Å². The molecule has 0 saturated carbocycles. The van der Waals surface area contributed by atoms with Crippen LogP contribution in [0.15, 0.2) is 24.3 Å². The molecule has 0 unspecified atom stereocenters. The fourth-order valence-electron chi connectivity index (χ4n) is 3.03. The van der Waals surface area contributed by atoms with Crippen LogP contribution in [0.3, 0.4) is 0 Å². The van der Waals surface area contributed by atoms with Crippen LogP contribution in [-0.2, 0) is 9.53 Å². The Morgan fingerprint density at radius 3 is 3.00 bits per heavy atom. The second kappa shape index (κ2) is 7.51. The number of rotatable bonds is 5. The van der Waals surface area contributed by atoms with E-state index in [0.717, 1.165) is 12.8 Å². The topological polar surface area (TPSA) is 59.1 Å². The molecule has 0 aromatic heterocycles. The number of hydrogen-bond acceptors (Lipinski definition) is 4. The summed E-state index contributed by atoms with van der Waals surface area (Å²) in [7, 11) is 0. The molecule has 3 rings (SSSR count). The molecular weight excluding hydrogens is 315 g/mol. The lowest BCUT2D eigenvalue weighted by Gasteiger charge is -2.33. The van der Waals surface area contributed by atoms with E-state index in [1.807, 2.05) is 0 Å². The van der Waals surface area contributed by atoms with Gasteiger partial charge in [0.05, 0.1) is 13.2 Å². The van der Waals surface area contributed by atoms with Crippen molar-refractivity contribution in [2.75, 3.05) is 39.4 Å². The van der Waals surface area contributed by atoms with E-state index in [4.69, 9.17) is 9.47 Å². The maximum absolute atomic E-state index is 13.2. The van der Waals surface area contributed by atoms with Gasteiger partial charge in [0.15, 0.2) is 0 Å². The predicted octanol–water partition coefficient (Wildman–Crippen LogP) is 1.90. The third-order valence-corrected chi connectivity index (χ3v) is 4.32. The summed E-state index contributed by atoms with van der Waals surface area (Å²) in [5.74, 6) is 0.310. The summed E-state index contributed by atoms with van der Waals surface area (Å²) in [6, 6.07) is 6.05. The Balaban J connectivity index is 1.48. The molecule has 2 amide bonds. The van der Waals surface area contributed by atoms with Crippen molar-refractivity contribution in [3.63, 3.8) is 0 Å². The molecule has 130 valence electrons. The predicted molar refractivity (Wildman–Crippen MR) is 84.1 cm³/mol. The van der Waals surface area contributed by atoms with Crippen LogP contribution in [-0.4, -0.2) is 61.2 Å². The molecule has 6 nitrogen and oxygen atoms in total. The second-order valence-corrected chi connectivity index (χ2v) is 6.15. The number of hydrogen-bond donors (Lipinski definition) is 0. The molecule has 0 radical (unpaired) electrons. The van der Waals surface area contributed by atoms with Crippen molar-refractivity contribution in [3.05, 3.63) is 30.1 Å². The van der Waals surface area contributed by atoms with Gasteiger partial charge in [-0.15, -0.1) is 0 Å². The largest absolute Gasteiger partial charge is 0.493 e. The standard InChI is InChI=1S/C17H21FN2O4/c18-14-4-1-5-15(9-14)24-12-13-3-2-6-19(10-13)16(21)11-20-7-8-23-17(20)22/h1,4-5,9,13H,2-3,6-8,10-12H2/t13-/m0/s1. The van der Waals surface area contributed by atoms with Gasteiger partial charge in [0.2, 0.25) is 5.91 Å². The normalized spacial score (nSPS) is 20.9. The average molecular weight is 336 g/mol. The van der Waals surface area contributed by atoms with Crippen LogP contribution in [0.4, 0.5) is 9.18 Å². The van der Waals surface area contributed by atoms with Gasteiger partial charge in [-0.2, -0.15) is 0 Å². The summed E-state index contributed by atoms with van der Waals surface area (Å²) in [6.45, 7) is 2.60. The van der Waals surface area contributed by atoms with Crippen molar-refractivity contribution in [2.24, 2.45) is 5.92 Å². The molecule has 1 aromatic carbocycles. The maximum Gasteiger partial charge on any atom is 0.410 e. The summed E-state index contributed by atoms with van der Waals surface area (Å²) < 4.78 is 23.6. The number of ether oxygens (including phenoxy) is 2. The van der Waals surface area contributed by atoms with Crippen LogP contribution < -0.4 is 4.74 Å². The molecule has 0 aliphatic carbocycles. The Bertz CT molecular complexity index is 610. The Hall–Kier alpha value is -2.31. The van der Waals surface area contributed by atoms with Crippen molar-refractivity contribution in [2.45, 2.75) is 12.8 Å². The first-order valence-corrected chi connectivity index (χ1v) is 8.19. The highest BCUT2D eigenvalue weighted by molar-refractivity contribution is 5.83. The molecule has 2 aliphatic rings. The highest BCUT2D eigenvalue weighted by atomic mass is 19.1. The summed E-state index contributed by atoms with van der Waals surface area (Å²) in [4.78, 5) is 27.0. The maximum atomic E-state index is 13.2. The molecule has 2 saturated heterocycles. The number of carbonyl (C=O) groups is 2. The zero-order chi connectivity index (χ0) is 16.9. The number of cyclic esters (lactones) is 1. The summed E-state index contributed by atoms with van der Waals surface area (Å²) in [6.07, 6.45) is 1.43. The van der Waals surface area contributed by atoms with Crippen LogP contribution in [0, 0.1) is 11.7 Å². The third kappa shape index (κ3) is 4.15. The summed E-state index contributed by atoms with van der Waals surface area (Å²) in [5, 5.41) is 0. The molecule has 1 aromatic rings. The minimum absolute atomic E-state index is 0.0655. The van der Waals surface area contributed by atoms with Crippen molar-refractivity contribution >= 4 is 12.0 Å². The highest BCUT2D eigenvalue weighted by Crippen LogP contribution is 2.20. The SMILES string of the molecule is O=C(CN1CCOC1=O)N1CCC[C@H](COc2cccc(F)c2)C1. The van der Waals surface area contributed by atoms with Gasteiger partial charge in [0, 0.05) is 25.1 Å². The monoisotopic (exact) mass is 336 g/mol. The molecule has 1 atom stereocenters. The Kier molecular flexibility index (Phi) is 5.17. The number of halogens is 1. The summed E-state index contributed by atoms with van der Waals surface area (Å²) >= 11 is 0. The van der Waals surface area contributed by atoms with Crippen molar-refractivity contribution in [1.29, 1.82) is 0 Å². The van der Waals surface area contributed by atoms with E-state index in [-0.39, 0.29) is 24.2 Å². The minimum atomic E-state index is -0.425. The zero-order valence-corrected chi connectivity index (χ0v) is 13.4. The van der Waals surface area contributed by atoms with E-state index in [0.29, 0.717) is 38.6 Å². The molecule has 0 spiro atoms. The van der Waals surface area contributed by atoms with Gasteiger partial charge in [-0.3, -0.25) is 9.69 Å². The van der Waals surface area contributed by atoms with Gasteiger partial charge in [0.1, 0.15) is 24.7 Å². The van der Waals surface area contributed by atoms with Gasteiger partial charge in [-0.1, -0.05) is 6.07 Å². The minimum Gasteiger partial charge on any atom is -0.493 e. The number of nitrogens with zero attached hydrogens (tertiary/aromatic N) is 2. The van der Waals surface area contributed by atoms with E-state index < -0.39 is 6.09 Å². The average Bonchev–Trinajstić information content (AvgIpc) is 2.98. The van der Waals surface area contributed by atoms with E-state index in [2.05, 4.69) is 0 Å². The molecule has 24 heavy (non-hydrogen) atoms. The van der Waals surface area contributed by atoms with Crippen LogP contribution in [0.25, 0.3) is 0 Å². The van der Waals surface area contributed by atoms with Gasteiger partial charge in [-0.05, 0) is 25.0 Å². The van der Waals surface area contributed by atoms with Gasteiger partial charge >= 0.3 is 6.09 Å². The Morgan fingerprint density at radius 1 is 1.38 bits per heavy atom. The van der Waals surface area contributed by atoms with Crippen LogP contribution in [0.1, 0.15) is 12.8 Å². The number of amides is 2. The third-order valence-electron chi connectivity index (χ3n) is 4.32. The van der Waals surface area contributed by atoms with E-state index in [1.165, 1.54) is 17.0 Å². The van der Waals surface area contributed by atoms with Crippen molar-refractivity contribution < 1.29 is 23.5 Å². The molecule has 7 heteroatoms. The van der Waals surface area contributed by atoms with Gasteiger partial charge in [0.25, 0.3) is 0 Å². The van der Waals surface area contributed by atoms with E-state index >= 15 is 0 Å². The van der Waals surface area contributed by atoms with Crippen molar-refractivity contribution in [1.82, 2.24) is 9.80 Å². The quantitative estimate of drug-likeness (QED) is 0.824. The lowest BCUT2D eigenvalue weighted by molar-refractivity contribution is -0.133. The Morgan fingerprint density at radius 2 is 2.25 bits per heavy atom. The van der Waals surface area contributed by atoms with Gasteiger partial charge < -0.3 is 14.4 Å². The van der Waals surface area contributed by atoms with Crippen LogP contribution in [0.2, 0.25) is 0 Å². The van der Waals surface area contributed by atoms with E-state index in [9.17, 15) is 14.0 Å². The molecule has 0 N–H and O–H groups in total. The van der Waals surface area contributed by atoms with Crippen LogP contribution in [0.5, 0.6) is 5.75 Å². The molecule has 0 bridgehead atoms. The molecule has 2 fully saturated rings.